The number of aliphatic hydroxyl groups is 1. The fraction of sp³-hybridized carbons (Fsp3) is 0.306. The quantitative estimate of drug-likeness (QED) is 0.115. The third kappa shape index (κ3) is 14.4. The molecule has 0 amide bonds. The van der Waals surface area contributed by atoms with Gasteiger partial charge < -0.3 is 31.2 Å². The van der Waals surface area contributed by atoms with E-state index in [0.717, 1.165) is 46.1 Å². The van der Waals surface area contributed by atoms with Gasteiger partial charge in [-0.1, -0.05) is 65.7 Å². The standard InChI is InChI=1S/C18H22ClNO.C11H14O3.C7H8ClN/c1-13-11-15(7-10-18(13)21)4-3-14(2)20-12-16-5-8-17(19)9-6-16;1-8(13)2-3-9-4-5-11(14)10(6-9)7-12;8-7-3-1-6(5-9)2-4-7/h5-11,14,20-21H,3-4,12H2,1-2H3;4-6,12,14H,2-3,7H2,1H3;1-4H,5,9H2. The van der Waals surface area contributed by atoms with E-state index in [2.05, 4.69) is 18.3 Å². The molecule has 0 aliphatic carbocycles. The van der Waals surface area contributed by atoms with Crippen molar-refractivity contribution in [2.24, 2.45) is 5.73 Å². The van der Waals surface area contributed by atoms with Crippen LogP contribution in [-0.4, -0.2) is 27.1 Å². The minimum Gasteiger partial charge on any atom is -0.508 e. The van der Waals surface area contributed by atoms with Crippen molar-refractivity contribution >= 4 is 29.0 Å². The third-order valence-electron chi connectivity index (χ3n) is 6.92. The number of aryl methyl sites for hydroxylation is 3. The number of phenols is 2. The van der Waals surface area contributed by atoms with Crippen molar-refractivity contribution in [3.8, 4) is 11.5 Å². The van der Waals surface area contributed by atoms with Gasteiger partial charge in [0.05, 0.1) is 6.61 Å². The summed E-state index contributed by atoms with van der Waals surface area (Å²) in [5.74, 6) is 0.607. The second-order valence-electron chi connectivity index (χ2n) is 10.7. The smallest absolute Gasteiger partial charge is 0.130 e. The van der Waals surface area contributed by atoms with Gasteiger partial charge in [-0.25, -0.2) is 0 Å². The van der Waals surface area contributed by atoms with Crippen molar-refractivity contribution < 1.29 is 20.1 Å². The van der Waals surface area contributed by atoms with E-state index in [0.29, 0.717) is 36.7 Å². The Balaban J connectivity index is 0.000000252. The Morgan fingerprint density at radius 1 is 0.795 bits per heavy atom. The van der Waals surface area contributed by atoms with E-state index in [9.17, 15) is 15.0 Å². The number of aliphatic hydroxyl groups excluding tert-OH is 1. The van der Waals surface area contributed by atoms with Crippen LogP contribution in [0, 0.1) is 6.92 Å². The molecule has 0 saturated heterocycles. The van der Waals surface area contributed by atoms with Crippen LogP contribution in [0.15, 0.2) is 84.9 Å². The molecule has 6 N–H and O–H groups in total. The van der Waals surface area contributed by atoms with E-state index in [1.807, 2.05) is 61.5 Å². The molecule has 44 heavy (non-hydrogen) atoms. The lowest BCUT2D eigenvalue weighted by Gasteiger charge is -2.14. The largest absolute Gasteiger partial charge is 0.508 e. The average molecular weight is 640 g/mol. The van der Waals surface area contributed by atoms with Crippen LogP contribution >= 0.6 is 23.2 Å². The summed E-state index contributed by atoms with van der Waals surface area (Å²) in [6.07, 6.45) is 3.23. The number of nitrogens with two attached hydrogens (primary N) is 1. The SMILES string of the molecule is CC(=O)CCc1ccc(O)c(CO)c1.Cc1cc(CCC(C)NCc2ccc(Cl)cc2)ccc1O.NCc1ccc(Cl)cc1. The van der Waals surface area contributed by atoms with Gasteiger partial charge in [0.15, 0.2) is 0 Å². The second-order valence-corrected chi connectivity index (χ2v) is 11.6. The summed E-state index contributed by atoms with van der Waals surface area (Å²) in [4.78, 5) is 10.7. The Bertz CT molecular complexity index is 1430. The molecule has 6 nitrogen and oxygen atoms in total. The molecule has 4 aromatic carbocycles. The van der Waals surface area contributed by atoms with E-state index in [4.69, 9.17) is 34.0 Å². The van der Waals surface area contributed by atoms with E-state index in [1.54, 1.807) is 31.2 Å². The highest BCUT2D eigenvalue weighted by Gasteiger charge is 2.05. The fourth-order valence-electron chi connectivity index (χ4n) is 4.11. The van der Waals surface area contributed by atoms with Gasteiger partial charge in [0, 0.05) is 41.2 Å². The van der Waals surface area contributed by atoms with E-state index in [1.165, 1.54) is 11.1 Å². The second kappa shape index (κ2) is 19.8. The maximum absolute atomic E-state index is 10.7. The number of hydrogen-bond acceptors (Lipinski definition) is 6. The minimum atomic E-state index is -0.181. The minimum absolute atomic E-state index is 0.0964. The number of phenolic OH excluding ortho intramolecular Hbond substituents is 1. The number of hydrogen-bond donors (Lipinski definition) is 5. The van der Waals surface area contributed by atoms with Crippen LogP contribution in [0.1, 0.15) is 60.1 Å². The molecular formula is C36H44Cl2N2O4. The zero-order valence-electron chi connectivity index (χ0n) is 25.7. The van der Waals surface area contributed by atoms with E-state index < -0.39 is 0 Å². The summed E-state index contributed by atoms with van der Waals surface area (Å²) < 4.78 is 0. The first-order valence-electron chi connectivity index (χ1n) is 14.6. The molecular weight excluding hydrogens is 595 g/mol. The Kier molecular flexibility index (Phi) is 16.6. The molecule has 0 spiro atoms. The highest BCUT2D eigenvalue weighted by atomic mass is 35.5. The van der Waals surface area contributed by atoms with Gasteiger partial charge in [-0.05, 0) is 110 Å². The maximum atomic E-state index is 10.7. The average Bonchev–Trinajstić information content (AvgIpc) is 3.02. The van der Waals surface area contributed by atoms with Gasteiger partial charge in [-0.15, -0.1) is 0 Å². The van der Waals surface area contributed by atoms with Gasteiger partial charge in [0.2, 0.25) is 0 Å². The van der Waals surface area contributed by atoms with Crippen LogP contribution < -0.4 is 11.1 Å². The number of carbonyl (C=O) groups is 1. The number of Topliss-reactive ketones (excluding diaryl/α,β-unsaturated/α-hetero) is 1. The zero-order chi connectivity index (χ0) is 32.5. The summed E-state index contributed by atoms with van der Waals surface area (Å²) in [5.41, 5.74) is 11.4. The number of ketones is 1. The van der Waals surface area contributed by atoms with Crippen molar-refractivity contribution in [3.05, 3.63) is 128 Å². The molecule has 1 unspecified atom stereocenters. The molecule has 0 heterocycles. The summed E-state index contributed by atoms with van der Waals surface area (Å²) >= 11 is 11.5. The summed E-state index contributed by atoms with van der Waals surface area (Å²) in [5, 5.41) is 32.8. The number of benzene rings is 4. The van der Waals surface area contributed by atoms with Crippen LogP contribution in [0.5, 0.6) is 11.5 Å². The van der Waals surface area contributed by atoms with E-state index >= 15 is 0 Å². The first-order valence-corrected chi connectivity index (χ1v) is 15.4. The van der Waals surface area contributed by atoms with Crippen molar-refractivity contribution in [3.63, 3.8) is 0 Å². The lowest BCUT2D eigenvalue weighted by molar-refractivity contribution is -0.116. The maximum Gasteiger partial charge on any atom is 0.130 e. The molecule has 8 heteroatoms. The van der Waals surface area contributed by atoms with Crippen LogP contribution in [0.4, 0.5) is 0 Å². The molecule has 0 radical (unpaired) electrons. The Hall–Kier alpha value is -3.39. The van der Waals surface area contributed by atoms with Crippen molar-refractivity contribution in [2.45, 2.75) is 72.2 Å². The topological polar surface area (TPSA) is 116 Å². The first kappa shape index (κ1) is 36.8. The van der Waals surface area contributed by atoms with Crippen molar-refractivity contribution in [1.82, 2.24) is 5.32 Å². The molecule has 4 rings (SSSR count). The van der Waals surface area contributed by atoms with Crippen LogP contribution in [0.3, 0.4) is 0 Å². The predicted molar refractivity (Wildman–Crippen MR) is 181 cm³/mol. The number of rotatable bonds is 11. The lowest BCUT2D eigenvalue weighted by Crippen LogP contribution is -2.25. The van der Waals surface area contributed by atoms with Gasteiger partial charge in [-0.3, -0.25) is 0 Å². The molecule has 0 fully saturated rings. The Morgan fingerprint density at radius 2 is 1.32 bits per heavy atom. The highest BCUT2D eigenvalue weighted by Crippen LogP contribution is 2.20. The lowest BCUT2D eigenvalue weighted by atomic mass is 10.0. The fourth-order valence-corrected chi connectivity index (χ4v) is 4.37. The van der Waals surface area contributed by atoms with Crippen LogP contribution in [0.2, 0.25) is 10.0 Å². The third-order valence-corrected chi connectivity index (χ3v) is 7.43. The number of aromatic hydroxyl groups is 2. The van der Waals surface area contributed by atoms with Gasteiger partial charge in [0.1, 0.15) is 17.3 Å². The summed E-state index contributed by atoms with van der Waals surface area (Å²) in [7, 11) is 0. The molecule has 0 aliphatic heterocycles. The highest BCUT2D eigenvalue weighted by molar-refractivity contribution is 6.30. The zero-order valence-corrected chi connectivity index (χ0v) is 27.2. The normalized spacial score (nSPS) is 11.1. The van der Waals surface area contributed by atoms with Crippen molar-refractivity contribution in [2.75, 3.05) is 0 Å². The molecule has 0 aromatic heterocycles. The number of carbonyl (C=O) groups excluding carboxylic acids is 1. The molecule has 1 atom stereocenters. The Labute approximate surface area is 271 Å². The molecule has 0 bridgehead atoms. The molecule has 0 saturated carbocycles. The number of nitrogens with one attached hydrogen (secondary N) is 1. The molecule has 0 aliphatic rings. The first-order chi connectivity index (χ1) is 21.0. The van der Waals surface area contributed by atoms with Crippen LogP contribution in [0.25, 0.3) is 0 Å². The van der Waals surface area contributed by atoms with Gasteiger partial charge in [0.25, 0.3) is 0 Å². The summed E-state index contributed by atoms with van der Waals surface area (Å²) in [6, 6.07) is 26.7. The Morgan fingerprint density at radius 3 is 1.84 bits per heavy atom. The predicted octanol–water partition coefficient (Wildman–Crippen LogP) is 7.67. The van der Waals surface area contributed by atoms with E-state index in [-0.39, 0.29) is 18.1 Å². The number of halogens is 2. The van der Waals surface area contributed by atoms with Gasteiger partial charge in [-0.2, -0.15) is 0 Å². The van der Waals surface area contributed by atoms with Crippen molar-refractivity contribution in [1.29, 1.82) is 0 Å². The van der Waals surface area contributed by atoms with Gasteiger partial charge >= 0.3 is 0 Å². The monoisotopic (exact) mass is 638 g/mol. The van der Waals surface area contributed by atoms with Crippen LogP contribution in [-0.2, 0) is 37.3 Å². The summed E-state index contributed by atoms with van der Waals surface area (Å²) in [6.45, 7) is 6.93. The molecule has 236 valence electrons. The molecule has 4 aromatic rings.